The molecule has 0 aliphatic carbocycles. The highest BCUT2D eigenvalue weighted by Crippen LogP contribution is 2.69. The molecule has 0 saturated carbocycles. The second-order valence-corrected chi connectivity index (χ2v) is 18.4. The summed E-state index contributed by atoms with van der Waals surface area (Å²) < 4.78 is 44.7. The molecule has 20 heteroatoms. The van der Waals surface area contributed by atoms with Crippen LogP contribution in [0.15, 0.2) is 0 Å². The second-order valence-electron chi connectivity index (χ2n) is 10.3. The lowest BCUT2D eigenvalue weighted by atomic mass is 9.82. The van der Waals surface area contributed by atoms with Crippen LogP contribution in [0.1, 0.15) is 80.1 Å². The maximum atomic E-state index is 12.0. The average molecular weight is 635 g/mol. The molecule has 0 radical (unpaired) electrons. The summed E-state index contributed by atoms with van der Waals surface area (Å²) in [5.41, 5.74) is 3.21. The van der Waals surface area contributed by atoms with Crippen molar-refractivity contribution in [2.75, 3.05) is 0 Å². The van der Waals surface area contributed by atoms with Gasteiger partial charge in [-0.2, -0.15) is 0 Å². The molecule has 0 aliphatic heterocycles. The molecule has 0 fully saturated rings. The van der Waals surface area contributed by atoms with Gasteiger partial charge in [0, 0.05) is 17.3 Å². The highest BCUT2D eigenvalue weighted by Gasteiger charge is 2.61. The van der Waals surface area contributed by atoms with E-state index in [9.17, 15) is 33.0 Å². The molecule has 11 N–H and O–H groups in total. The molecule has 38 heavy (non-hydrogen) atoms. The van der Waals surface area contributed by atoms with Gasteiger partial charge in [-0.1, -0.05) is 54.4 Å². The number of ketones is 2. The zero-order valence-electron chi connectivity index (χ0n) is 22.1. The quantitative estimate of drug-likeness (QED) is 0.121. The van der Waals surface area contributed by atoms with Crippen molar-refractivity contribution in [3.63, 3.8) is 0 Å². The van der Waals surface area contributed by atoms with E-state index in [4.69, 9.17) is 44.9 Å². The monoisotopic (exact) mass is 635 g/mol. The summed E-state index contributed by atoms with van der Waals surface area (Å²) in [5.74, 6) is -1.51. The predicted molar refractivity (Wildman–Crippen MR) is 137 cm³/mol. The summed E-state index contributed by atoms with van der Waals surface area (Å²) in [6.07, 6.45) is -0.345. The Morgan fingerprint density at radius 1 is 0.605 bits per heavy atom. The van der Waals surface area contributed by atoms with Gasteiger partial charge in [0.2, 0.25) is 5.02 Å². The van der Waals surface area contributed by atoms with Crippen LogP contribution in [0.4, 0.5) is 0 Å². The summed E-state index contributed by atoms with van der Waals surface area (Å²) in [6.45, 7) is 9.65. The third-order valence-corrected chi connectivity index (χ3v) is 13.7. The lowest BCUT2D eigenvalue weighted by Crippen LogP contribution is -2.44. The van der Waals surface area contributed by atoms with Gasteiger partial charge in [0.1, 0.15) is 11.6 Å². The lowest BCUT2D eigenvalue weighted by molar-refractivity contribution is -0.129. The molecular weight excluding hydrogens is 594 g/mol. The van der Waals surface area contributed by atoms with Gasteiger partial charge < -0.3 is 50.0 Å². The molecule has 0 unspecified atom stereocenters. The van der Waals surface area contributed by atoms with Crippen LogP contribution in [0.25, 0.3) is 0 Å². The summed E-state index contributed by atoms with van der Waals surface area (Å²) in [7, 11) is -21.9. The molecule has 16 nitrogen and oxygen atoms in total. The molecule has 0 atom stereocenters. The largest absolute Gasteiger partial charge is 0.369 e. The van der Waals surface area contributed by atoms with Gasteiger partial charge in [0.15, 0.2) is 0 Å². The van der Waals surface area contributed by atoms with Crippen molar-refractivity contribution >= 4 is 41.9 Å². The average Bonchev–Trinajstić information content (AvgIpc) is 2.64. The Labute approximate surface area is 221 Å². The van der Waals surface area contributed by atoms with Gasteiger partial charge in [0.25, 0.3) is 5.08 Å². The normalized spacial score (nSPS) is 14.5. The van der Waals surface area contributed by atoms with Crippen molar-refractivity contribution in [1.29, 1.82) is 0 Å². The van der Waals surface area contributed by atoms with E-state index < -0.39 is 75.7 Å². The van der Waals surface area contributed by atoms with Gasteiger partial charge in [-0.3, -0.25) is 27.8 Å². The maximum Gasteiger partial charge on any atom is 0.369 e. The van der Waals surface area contributed by atoms with Crippen molar-refractivity contribution in [2.24, 2.45) is 16.6 Å². The number of aliphatic hydroxyl groups is 1. The van der Waals surface area contributed by atoms with Crippen LogP contribution in [0.5, 0.6) is 0 Å². The van der Waals surface area contributed by atoms with Crippen LogP contribution in [0.3, 0.4) is 0 Å². The number of carbonyl (C=O) groups is 2. The van der Waals surface area contributed by atoms with Gasteiger partial charge in [-0.15, -0.1) is 0 Å². The Morgan fingerprint density at radius 3 is 1.08 bits per heavy atom. The Balaban J connectivity index is 0. The van der Waals surface area contributed by atoms with Crippen LogP contribution in [0, 0.1) is 10.8 Å². The fraction of sp³-hybridized carbons (Fsp3) is 0.889. The van der Waals surface area contributed by atoms with Crippen LogP contribution >= 0.6 is 30.4 Å². The highest BCUT2D eigenvalue weighted by molar-refractivity contribution is 7.72. The summed E-state index contributed by atoms with van der Waals surface area (Å²) in [4.78, 5) is 95.9. The van der Waals surface area contributed by atoms with Crippen molar-refractivity contribution in [2.45, 2.75) is 90.2 Å². The van der Waals surface area contributed by atoms with E-state index in [0.717, 1.165) is 0 Å². The minimum atomic E-state index is -5.58. The number of hydrogen-bond acceptors (Lipinski definition) is 8. The number of carbonyl (C=O) groups excluding carboxylic acids is 2. The van der Waals surface area contributed by atoms with E-state index in [-0.39, 0.29) is 0 Å². The minimum absolute atomic E-state index is 0.365. The SMILES string of the molecule is CCCC(C)(C)C(=O)CC(N)(P(=O)(O)O)P(=O)(O)O.CCCC(C)(C)C(=O)CC(O)(P(=O)(O)O)P(=O)(O)O. The third kappa shape index (κ3) is 10.0. The van der Waals surface area contributed by atoms with Crippen molar-refractivity contribution in [3.8, 4) is 0 Å². The number of rotatable bonds is 14. The highest BCUT2D eigenvalue weighted by atomic mass is 31.2. The molecule has 0 aromatic carbocycles. The molecule has 0 aliphatic rings. The fourth-order valence-electron chi connectivity index (χ4n) is 3.21. The standard InChI is InChI=1S/C9H21NO7P2.C9H20O8P2/c1-4-5-8(2,3)7(11)6-9(10,18(12,13)14)19(15,16)17;1-4-5-8(2,3)7(10)6-9(11,18(12,13)14)19(15,16)17/h4-6,10H2,1-3H3,(H2,12,13,14)(H2,15,16,17);11H,4-6H2,1-3H3,(H2,12,13,14)(H2,15,16,17). The van der Waals surface area contributed by atoms with E-state index in [1.54, 1.807) is 20.8 Å². The second kappa shape index (κ2) is 13.2. The van der Waals surface area contributed by atoms with Gasteiger partial charge >= 0.3 is 30.4 Å². The molecular formula is C18H41NO15P4. The number of hydrogen-bond donors (Lipinski definition) is 10. The first-order valence-electron chi connectivity index (χ1n) is 11.2. The first kappa shape index (κ1) is 40.0. The fourth-order valence-corrected chi connectivity index (χ4v) is 7.32. The Morgan fingerprint density at radius 2 is 0.868 bits per heavy atom. The molecule has 0 aromatic rings. The minimum Gasteiger partial charge on any atom is -0.367 e. The van der Waals surface area contributed by atoms with Crippen LogP contribution in [-0.2, 0) is 27.8 Å². The van der Waals surface area contributed by atoms with Crippen molar-refractivity contribution in [3.05, 3.63) is 0 Å². The van der Waals surface area contributed by atoms with E-state index in [0.29, 0.717) is 25.7 Å². The van der Waals surface area contributed by atoms with E-state index in [1.807, 2.05) is 6.92 Å². The summed E-state index contributed by atoms with van der Waals surface area (Å²) >= 11 is 0. The van der Waals surface area contributed by atoms with Crippen molar-refractivity contribution < 1.29 is 72.1 Å². The van der Waals surface area contributed by atoms with Crippen LogP contribution in [0.2, 0.25) is 0 Å². The molecule has 0 amide bonds. The third-order valence-electron chi connectivity index (χ3n) is 6.02. The first-order chi connectivity index (χ1) is 16.4. The summed E-state index contributed by atoms with van der Waals surface area (Å²) in [5, 5.41) is 2.81. The van der Waals surface area contributed by atoms with Gasteiger partial charge in [0.05, 0.1) is 6.42 Å². The van der Waals surface area contributed by atoms with Gasteiger partial charge in [-0.05, 0) is 12.8 Å². The predicted octanol–water partition coefficient (Wildman–Crippen LogP) is 1.51. The van der Waals surface area contributed by atoms with Crippen molar-refractivity contribution in [1.82, 2.24) is 0 Å². The zero-order chi connectivity index (χ0) is 31.4. The van der Waals surface area contributed by atoms with Crippen LogP contribution in [-0.4, -0.2) is 65.9 Å². The van der Waals surface area contributed by atoms with Crippen LogP contribution < -0.4 is 5.73 Å². The Kier molecular flexibility index (Phi) is 13.9. The molecule has 0 aromatic heterocycles. The molecule has 0 bridgehead atoms. The lowest BCUT2D eigenvalue weighted by Gasteiger charge is -2.33. The van der Waals surface area contributed by atoms with Gasteiger partial charge in [-0.25, -0.2) is 0 Å². The Hall–Kier alpha value is -0.140. The van der Waals surface area contributed by atoms with E-state index in [1.165, 1.54) is 13.8 Å². The number of nitrogens with two attached hydrogens (primary N) is 1. The number of Topliss-reactive ketones (excluding diaryl/α,β-unsaturated/α-hetero) is 2. The zero-order valence-corrected chi connectivity index (χ0v) is 25.7. The Bertz CT molecular complexity index is 906. The molecule has 228 valence electrons. The van der Waals surface area contributed by atoms with E-state index in [2.05, 4.69) is 0 Å². The smallest absolute Gasteiger partial charge is 0.367 e. The topological polar surface area (TPSA) is 311 Å². The van der Waals surface area contributed by atoms with E-state index >= 15 is 0 Å². The summed E-state index contributed by atoms with van der Waals surface area (Å²) in [6, 6.07) is 0. The molecule has 0 rings (SSSR count). The molecule has 0 spiro atoms. The molecule has 0 saturated heterocycles. The molecule has 0 heterocycles. The first-order valence-corrected chi connectivity index (χ1v) is 17.6. The maximum absolute atomic E-state index is 12.0.